The summed E-state index contributed by atoms with van der Waals surface area (Å²) in [5, 5.41) is 11.9. The van der Waals surface area contributed by atoms with Crippen LogP contribution in [0.1, 0.15) is 23.0 Å². The fourth-order valence-electron chi connectivity index (χ4n) is 2.61. The summed E-state index contributed by atoms with van der Waals surface area (Å²) in [4.78, 5) is 37.1. The number of anilines is 3. The van der Waals surface area contributed by atoms with E-state index < -0.39 is 5.25 Å². The summed E-state index contributed by atoms with van der Waals surface area (Å²) >= 11 is 7.03. The molecule has 1 aromatic heterocycles. The van der Waals surface area contributed by atoms with Gasteiger partial charge in [0.2, 0.25) is 11.8 Å². The highest BCUT2D eigenvalue weighted by atomic mass is 35.5. The number of halogens is 1. The van der Waals surface area contributed by atoms with Gasteiger partial charge in [0.05, 0.1) is 22.4 Å². The van der Waals surface area contributed by atoms with Crippen LogP contribution < -0.4 is 16.0 Å². The van der Waals surface area contributed by atoms with Crippen molar-refractivity contribution in [2.24, 2.45) is 0 Å². The summed E-state index contributed by atoms with van der Waals surface area (Å²) in [5.74, 6) is 0.0425. The third-order valence-electron chi connectivity index (χ3n) is 4.27. The minimum absolute atomic E-state index is 0.0475. The number of thioether (sulfide) groups is 1. The maximum absolute atomic E-state index is 12.5. The van der Waals surface area contributed by atoms with E-state index in [4.69, 9.17) is 16.1 Å². The topological polar surface area (TPSA) is 113 Å². The summed E-state index contributed by atoms with van der Waals surface area (Å²) in [6.45, 7) is 3.42. The van der Waals surface area contributed by atoms with Gasteiger partial charge in [-0.3, -0.25) is 14.4 Å². The van der Waals surface area contributed by atoms with E-state index in [1.54, 1.807) is 68.4 Å². The van der Waals surface area contributed by atoms with Crippen molar-refractivity contribution in [1.29, 1.82) is 0 Å². The Labute approximate surface area is 194 Å². The fraction of sp³-hybridized carbons (Fsp3) is 0.182. The summed E-state index contributed by atoms with van der Waals surface area (Å²) in [7, 11) is 0. The molecule has 3 N–H and O–H groups in total. The predicted molar refractivity (Wildman–Crippen MR) is 126 cm³/mol. The molecule has 0 saturated carbocycles. The number of benzene rings is 2. The van der Waals surface area contributed by atoms with E-state index in [1.165, 1.54) is 11.8 Å². The van der Waals surface area contributed by atoms with Crippen molar-refractivity contribution in [3.63, 3.8) is 0 Å². The van der Waals surface area contributed by atoms with Gasteiger partial charge in [0.25, 0.3) is 5.91 Å². The van der Waals surface area contributed by atoms with Gasteiger partial charge in [0, 0.05) is 16.7 Å². The molecule has 1 unspecified atom stereocenters. The number of carbonyl (C=O) groups is 3. The van der Waals surface area contributed by atoms with Crippen LogP contribution in [0.3, 0.4) is 0 Å². The second-order valence-electron chi connectivity index (χ2n) is 6.82. The number of hydrogen-bond acceptors (Lipinski definition) is 6. The number of aromatic nitrogens is 1. The number of hydrogen-bond donors (Lipinski definition) is 3. The summed E-state index contributed by atoms with van der Waals surface area (Å²) in [6.07, 6.45) is 0. The first-order valence-corrected chi connectivity index (χ1v) is 11.1. The number of aryl methyl sites for hydroxylation is 1. The van der Waals surface area contributed by atoms with Gasteiger partial charge in [-0.1, -0.05) is 28.9 Å². The van der Waals surface area contributed by atoms with Crippen LogP contribution in [0.25, 0.3) is 0 Å². The van der Waals surface area contributed by atoms with Crippen molar-refractivity contribution in [3.05, 3.63) is 70.9 Å². The van der Waals surface area contributed by atoms with Crippen molar-refractivity contribution < 1.29 is 18.9 Å². The molecule has 0 aliphatic carbocycles. The molecule has 0 bridgehead atoms. The molecule has 0 saturated heterocycles. The third-order valence-corrected chi connectivity index (χ3v) is 5.66. The molecule has 0 aliphatic rings. The molecule has 0 fully saturated rings. The molecule has 10 heteroatoms. The van der Waals surface area contributed by atoms with E-state index in [9.17, 15) is 14.4 Å². The Kier molecular flexibility index (Phi) is 7.91. The van der Waals surface area contributed by atoms with Gasteiger partial charge in [0.15, 0.2) is 5.82 Å². The minimum Gasteiger partial charge on any atom is -0.360 e. The van der Waals surface area contributed by atoms with Crippen molar-refractivity contribution in [2.45, 2.75) is 19.1 Å². The number of nitrogens with zero attached hydrogens (tertiary/aromatic N) is 1. The van der Waals surface area contributed by atoms with Crippen LogP contribution in [-0.2, 0) is 9.59 Å². The highest BCUT2D eigenvalue weighted by molar-refractivity contribution is 8.01. The zero-order chi connectivity index (χ0) is 23.1. The average Bonchev–Trinajstić information content (AvgIpc) is 3.18. The molecule has 0 spiro atoms. The van der Waals surface area contributed by atoms with Crippen LogP contribution in [0.5, 0.6) is 0 Å². The first-order chi connectivity index (χ1) is 15.3. The van der Waals surface area contributed by atoms with Crippen molar-refractivity contribution in [2.75, 3.05) is 21.7 Å². The van der Waals surface area contributed by atoms with Gasteiger partial charge in [-0.2, -0.15) is 0 Å². The lowest BCUT2D eigenvalue weighted by molar-refractivity contribution is -0.115. The summed E-state index contributed by atoms with van der Waals surface area (Å²) < 4.78 is 4.91. The number of para-hydroxylation sites is 2. The fourth-order valence-corrected chi connectivity index (χ4v) is 3.42. The standard InChI is InChI=1S/C22H21ClN4O4S/c1-13-11-19(27-31-13)26-21(29)14(2)32-12-20(28)24-17-5-3-4-6-18(17)25-22(30)15-7-9-16(23)10-8-15/h3-11,14H,12H2,1-2H3,(H,24,28)(H,25,30)(H,26,27,29). The van der Waals surface area contributed by atoms with Gasteiger partial charge >= 0.3 is 0 Å². The zero-order valence-corrected chi connectivity index (χ0v) is 18.9. The number of rotatable bonds is 8. The van der Waals surface area contributed by atoms with Gasteiger partial charge in [-0.25, -0.2) is 0 Å². The quantitative estimate of drug-likeness (QED) is 0.442. The van der Waals surface area contributed by atoms with Crippen LogP contribution in [0.4, 0.5) is 17.2 Å². The normalized spacial score (nSPS) is 11.5. The Bertz CT molecular complexity index is 1120. The van der Waals surface area contributed by atoms with Gasteiger partial charge in [-0.05, 0) is 50.2 Å². The van der Waals surface area contributed by atoms with E-state index in [1.807, 2.05) is 0 Å². The highest BCUT2D eigenvalue weighted by Crippen LogP contribution is 2.23. The summed E-state index contributed by atoms with van der Waals surface area (Å²) in [5.41, 5.74) is 1.35. The van der Waals surface area contributed by atoms with E-state index in [0.29, 0.717) is 33.5 Å². The Balaban J connectivity index is 1.54. The molecular weight excluding hydrogens is 452 g/mol. The zero-order valence-electron chi connectivity index (χ0n) is 17.3. The Morgan fingerprint density at radius 2 is 1.69 bits per heavy atom. The molecule has 2 aromatic carbocycles. The van der Waals surface area contributed by atoms with E-state index in [2.05, 4.69) is 21.1 Å². The minimum atomic E-state index is -0.488. The van der Waals surface area contributed by atoms with E-state index >= 15 is 0 Å². The van der Waals surface area contributed by atoms with Crippen LogP contribution in [-0.4, -0.2) is 33.9 Å². The monoisotopic (exact) mass is 472 g/mol. The van der Waals surface area contributed by atoms with Crippen LogP contribution in [0, 0.1) is 6.92 Å². The lowest BCUT2D eigenvalue weighted by atomic mass is 10.2. The molecule has 8 nitrogen and oxygen atoms in total. The Morgan fingerprint density at radius 3 is 2.31 bits per heavy atom. The van der Waals surface area contributed by atoms with Crippen LogP contribution in [0.15, 0.2) is 59.1 Å². The van der Waals surface area contributed by atoms with Gasteiger partial charge in [-0.15, -0.1) is 11.8 Å². The molecule has 32 heavy (non-hydrogen) atoms. The molecule has 3 aromatic rings. The largest absolute Gasteiger partial charge is 0.360 e. The molecule has 0 radical (unpaired) electrons. The number of amides is 3. The number of nitrogens with one attached hydrogen (secondary N) is 3. The smallest absolute Gasteiger partial charge is 0.255 e. The van der Waals surface area contributed by atoms with Gasteiger partial charge < -0.3 is 20.5 Å². The van der Waals surface area contributed by atoms with E-state index in [-0.39, 0.29) is 23.5 Å². The maximum Gasteiger partial charge on any atom is 0.255 e. The SMILES string of the molecule is Cc1cc(NC(=O)C(C)SCC(=O)Nc2ccccc2NC(=O)c2ccc(Cl)cc2)no1. The van der Waals surface area contributed by atoms with Crippen molar-refractivity contribution in [3.8, 4) is 0 Å². The first-order valence-electron chi connectivity index (χ1n) is 9.63. The van der Waals surface area contributed by atoms with Crippen molar-refractivity contribution >= 4 is 58.3 Å². The summed E-state index contributed by atoms with van der Waals surface area (Å²) in [6, 6.07) is 15.0. The second-order valence-corrected chi connectivity index (χ2v) is 8.59. The van der Waals surface area contributed by atoms with E-state index in [0.717, 1.165) is 0 Å². The maximum atomic E-state index is 12.5. The Morgan fingerprint density at radius 1 is 1.03 bits per heavy atom. The third kappa shape index (κ3) is 6.60. The molecule has 1 atom stereocenters. The highest BCUT2D eigenvalue weighted by Gasteiger charge is 2.17. The molecule has 3 rings (SSSR count). The molecular formula is C22H21ClN4O4S. The molecule has 1 heterocycles. The average molecular weight is 473 g/mol. The van der Waals surface area contributed by atoms with Crippen LogP contribution in [0.2, 0.25) is 5.02 Å². The number of carbonyl (C=O) groups excluding carboxylic acids is 3. The molecule has 0 aliphatic heterocycles. The van der Waals surface area contributed by atoms with Crippen LogP contribution >= 0.6 is 23.4 Å². The lowest BCUT2D eigenvalue weighted by Crippen LogP contribution is -2.25. The first kappa shape index (κ1) is 23.4. The van der Waals surface area contributed by atoms with Crippen molar-refractivity contribution in [1.82, 2.24) is 5.16 Å². The predicted octanol–water partition coefficient (Wildman–Crippen LogP) is 4.59. The van der Waals surface area contributed by atoms with Gasteiger partial charge in [0.1, 0.15) is 5.76 Å². The Hall–Kier alpha value is -3.30. The molecule has 166 valence electrons. The lowest BCUT2D eigenvalue weighted by Gasteiger charge is -2.13. The molecule has 3 amide bonds. The second kappa shape index (κ2) is 10.8.